The molecule has 3 aromatic carbocycles. The van der Waals surface area contributed by atoms with Crippen LogP contribution in [0.1, 0.15) is 43.6 Å². The first kappa shape index (κ1) is 24.5. The van der Waals surface area contributed by atoms with Gasteiger partial charge in [-0.1, -0.05) is 42.5 Å². The van der Waals surface area contributed by atoms with E-state index in [4.69, 9.17) is 9.31 Å². The highest BCUT2D eigenvalue weighted by molar-refractivity contribution is 7.97. The molecular weight excluding hydrogens is 443 g/mol. The molecule has 0 unspecified atom stereocenters. The second-order valence-electron chi connectivity index (χ2n) is 9.42. The summed E-state index contributed by atoms with van der Waals surface area (Å²) in [5, 5.41) is 2.97. The van der Waals surface area contributed by atoms with Gasteiger partial charge in [-0.25, -0.2) is 0 Å². The quantitative estimate of drug-likeness (QED) is 0.271. The summed E-state index contributed by atoms with van der Waals surface area (Å²) in [6.07, 6.45) is 0.979. The van der Waals surface area contributed by atoms with Gasteiger partial charge in [0.25, 0.3) is 5.91 Å². The van der Waals surface area contributed by atoms with E-state index in [1.165, 1.54) is 5.56 Å². The molecule has 1 amide bonds. The highest BCUT2D eigenvalue weighted by Gasteiger charge is 2.51. The van der Waals surface area contributed by atoms with Crippen LogP contribution in [0.15, 0.2) is 83.8 Å². The van der Waals surface area contributed by atoms with Crippen LogP contribution in [0.4, 0.5) is 5.69 Å². The van der Waals surface area contributed by atoms with Crippen molar-refractivity contribution in [3.8, 4) is 0 Å². The highest BCUT2D eigenvalue weighted by atomic mass is 32.2. The summed E-state index contributed by atoms with van der Waals surface area (Å²) < 4.78 is 15.6. The van der Waals surface area contributed by atoms with Gasteiger partial charge >= 0.3 is 7.12 Å². The summed E-state index contributed by atoms with van der Waals surface area (Å²) in [6.45, 7) is 8.95. The van der Waals surface area contributed by atoms with E-state index < -0.39 is 18.3 Å². The standard InChI is InChI=1S/C27H31BN2O3S/c1-26(2)27(3,4)33-28(32-26)22-12-8-11-21(19-22)25(31)30-23-13-15-24(16-14-23)34-29-18-17-20-9-6-5-7-10-20/h5-16,19,29H,17-18H2,1-4H3,(H,30,31). The van der Waals surface area contributed by atoms with Gasteiger partial charge in [0, 0.05) is 22.7 Å². The van der Waals surface area contributed by atoms with Gasteiger partial charge in [-0.15, -0.1) is 0 Å². The molecule has 1 heterocycles. The summed E-state index contributed by atoms with van der Waals surface area (Å²) in [6, 6.07) is 25.6. The number of nitrogens with one attached hydrogen (secondary N) is 2. The van der Waals surface area contributed by atoms with Crippen molar-refractivity contribution in [3.05, 3.63) is 90.0 Å². The Labute approximate surface area is 206 Å². The first-order valence-corrected chi connectivity index (χ1v) is 12.4. The number of carbonyl (C=O) groups is 1. The first-order valence-electron chi connectivity index (χ1n) is 11.5. The summed E-state index contributed by atoms with van der Waals surface area (Å²) in [7, 11) is -0.497. The Morgan fingerprint density at radius 1 is 0.882 bits per heavy atom. The van der Waals surface area contributed by atoms with Crippen LogP contribution in [0, 0.1) is 0 Å². The number of rotatable bonds is 8. The van der Waals surface area contributed by atoms with Crippen LogP contribution < -0.4 is 15.5 Å². The van der Waals surface area contributed by atoms with Crippen LogP contribution in [0.3, 0.4) is 0 Å². The van der Waals surface area contributed by atoms with Crippen molar-refractivity contribution in [1.82, 2.24) is 4.72 Å². The Hall–Kier alpha value is -2.58. The zero-order chi connectivity index (χ0) is 24.2. The van der Waals surface area contributed by atoms with Crippen LogP contribution in [0.5, 0.6) is 0 Å². The maximum absolute atomic E-state index is 12.9. The van der Waals surface area contributed by atoms with E-state index in [1.54, 1.807) is 18.0 Å². The number of carbonyl (C=O) groups excluding carboxylic acids is 1. The molecule has 3 aromatic rings. The van der Waals surface area contributed by atoms with Crippen molar-refractivity contribution in [2.24, 2.45) is 0 Å². The monoisotopic (exact) mass is 474 g/mol. The topological polar surface area (TPSA) is 59.6 Å². The predicted octanol–water partition coefficient (Wildman–Crippen LogP) is 5.08. The largest absolute Gasteiger partial charge is 0.494 e. The van der Waals surface area contributed by atoms with Gasteiger partial charge in [0.05, 0.1) is 11.2 Å². The number of benzene rings is 3. The first-order chi connectivity index (χ1) is 16.2. The smallest absolute Gasteiger partial charge is 0.399 e. The zero-order valence-corrected chi connectivity index (χ0v) is 20.9. The summed E-state index contributed by atoms with van der Waals surface area (Å²) in [5.41, 5.74) is 2.61. The summed E-state index contributed by atoms with van der Waals surface area (Å²) in [4.78, 5) is 13.9. The lowest BCUT2D eigenvalue weighted by Gasteiger charge is -2.32. The average molecular weight is 474 g/mol. The molecule has 0 aliphatic carbocycles. The van der Waals surface area contributed by atoms with E-state index in [1.807, 2.05) is 76.2 Å². The molecule has 7 heteroatoms. The van der Waals surface area contributed by atoms with Crippen molar-refractivity contribution in [3.63, 3.8) is 0 Å². The fourth-order valence-corrected chi connectivity index (χ4v) is 4.23. The van der Waals surface area contributed by atoms with Crippen molar-refractivity contribution in [2.75, 3.05) is 11.9 Å². The molecule has 1 fully saturated rings. The molecule has 0 bridgehead atoms. The van der Waals surface area contributed by atoms with Gasteiger partial charge in [-0.05, 0) is 93.5 Å². The third-order valence-corrected chi connectivity index (χ3v) is 7.19. The Bertz CT molecular complexity index is 1100. The Morgan fingerprint density at radius 2 is 1.56 bits per heavy atom. The van der Waals surface area contributed by atoms with Gasteiger partial charge < -0.3 is 14.6 Å². The minimum absolute atomic E-state index is 0.167. The molecule has 0 atom stereocenters. The molecule has 0 spiro atoms. The second-order valence-corrected chi connectivity index (χ2v) is 10.4. The predicted molar refractivity (Wildman–Crippen MR) is 141 cm³/mol. The van der Waals surface area contributed by atoms with Crippen LogP contribution in [0.2, 0.25) is 0 Å². The number of hydrogen-bond acceptors (Lipinski definition) is 5. The highest BCUT2D eigenvalue weighted by Crippen LogP contribution is 2.36. The van der Waals surface area contributed by atoms with Crippen molar-refractivity contribution >= 4 is 36.1 Å². The molecule has 1 aliphatic heterocycles. The zero-order valence-electron chi connectivity index (χ0n) is 20.1. The van der Waals surface area contributed by atoms with Gasteiger partial charge in [-0.3, -0.25) is 9.52 Å². The maximum atomic E-state index is 12.9. The fourth-order valence-electron chi connectivity index (χ4n) is 3.59. The summed E-state index contributed by atoms with van der Waals surface area (Å²) in [5.74, 6) is -0.167. The van der Waals surface area contributed by atoms with Crippen LogP contribution in [0.25, 0.3) is 0 Å². The number of amides is 1. The van der Waals surface area contributed by atoms with E-state index in [0.717, 1.165) is 29.0 Å². The molecule has 0 radical (unpaired) electrons. The Balaban J connectivity index is 1.30. The minimum atomic E-state index is -0.497. The maximum Gasteiger partial charge on any atom is 0.494 e. The molecule has 4 rings (SSSR count). The Morgan fingerprint density at radius 3 is 2.24 bits per heavy atom. The lowest BCUT2D eigenvalue weighted by molar-refractivity contribution is 0.00578. The van der Waals surface area contributed by atoms with Crippen molar-refractivity contribution in [2.45, 2.75) is 50.2 Å². The van der Waals surface area contributed by atoms with E-state index >= 15 is 0 Å². The molecule has 2 N–H and O–H groups in total. The molecule has 34 heavy (non-hydrogen) atoms. The third-order valence-electron chi connectivity index (χ3n) is 6.33. The van der Waals surface area contributed by atoms with E-state index in [9.17, 15) is 4.79 Å². The van der Waals surface area contributed by atoms with Crippen molar-refractivity contribution in [1.29, 1.82) is 0 Å². The molecule has 176 valence electrons. The Kier molecular flexibility index (Phi) is 7.48. The number of hydrogen-bond donors (Lipinski definition) is 2. The SMILES string of the molecule is CC1(C)OB(c2cccc(C(=O)Nc3ccc(SNCCc4ccccc4)cc3)c2)OC1(C)C. The normalized spacial score (nSPS) is 16.4. The van der Waals surface area contributed by atoms with Gasteiger partial charge in [0.1, 0.15) is 0 Å². The molecule has 1 aliphatic rings. The van der Waals surface area contributed by atoms with Crippen LogP contribution >= 0.6 is 11.9 Å². The molecule has 1 saturated heterocycles. The molecule has 0 saturated carbocycles. The van der Waals surface area contributed by atoms with Gasteiger partial charge in [0.2, 0.25) is 0 Å². The van der Waals surface area contributed by atoms with Crippen molar-refractivity contribution < 1.29 is 14.1 Å². The van der Waals surface area contributed by atoms with Crippen LogP contribution in [-0.4, -0.2) is 30.8 Å². The molecule has 0 aromatic heterocycles. The third kappa shape index (κ3) is 5.91. The minimum Gasteiger partial charge on any atom is -0.399 e. The van der Waals surface area contributed by atoms with Crippen LogP contribution in [-0.2, 0) is 15.7 Å². The number of anilines is 1. The van der Waals surface area contributed by atoms with E-state index in [-0.39, 0.29) is 5.91 Å². The molecular formula is C27H31BN2O3S. The average Bonchev–Trinajstić information content (AvgIpc) is 3.05. The van der Waals surface area contributed by atoms with Gasteiger partial charge in [-0.2, -0.15) is 0 Å². The van der Waals surface area contributed by atoms with E-state index in [0.29, 0.717) is 5.56 Å². The summed E-state index contributed by atoms with van der Waals surface area (Å²) >= 11 is 1.59. The molecule has 5 nitrogen and oxygen atoms in total. The van der Waals surface area contributed by atoms with Gasteiger partial charge in [0.15, 0.2) is 0 Å². The second kappa shape index (κ2) is 10.4. The lowest BCUT2D eigenvalue weighted by atomic mass is 9.78. The van der Waals surface area contributed by atoms with E-state index in [2.05, 4.69) is 34.3 Å². The lowest BCUT2D eigenvalue weighted by Crippen LogP contribution is -2.41. The fraction of sp³-hybridized carbons (Fsp3) is 0.296.